The number of aromatic nitrogens is 1. The number of methoxy groups -OCH3 is 2. The third-order valence-corrected chi connectivity index (χ3v) is 5.69. The first-order valence-electron chi connectivity index (χ1n) is 9.08. The standard InChI is InChI=1S/C23H22N2O2S/c1-15-4-10-19-22(12-15)28-23(25-19)17-6-8-18(9-7-17)24-14-16-5-11-20(26-2)21(13-16)27-3/h4-13,24H,14H2,1-3H3. The second kappa shape index (κ2) is 7.90. The quantitative estimate of drug-likeness (QED) is 0.445. The van der Waals surface area contributed by atoms with Crippen LogP contribution < -0.4 is 14.8 Å². The summed E-state index contributed by atoms with van der Waals surface area (Å²) in [5, 5.41) is 4.50. The van der Waals surface area contributed by atoms with Crippen LogP contribution in [-0.2, 0) is 6.54 Å². The number of nitrogens with zero attached hydrogens (tertiary/aromatic N) is 1. The highest BCUT2D eigenvalue weighted by Crippen LogP contribution is 2.31. The number of hydrogen-bond donors (Lipinski definition) is 1. The summed E-state index contributed by atoms with van der Waals surface area (Å²) < 4.78 is 11.9. The van der Waals surface area contributed by atoms with Crippen LogP contribution in [0.3, 0.4) is 0 Å². The first kappa shape index (κ1) is 18.3. The monoisotopic (exact) mass is 390 g/mol. The maximum Gasteiger partial charge on any atom is 0.161 e. The Hall–Kier alpha value is -3.05. The lowest BCUT2D eigenvalue weighted by atomic mass is 10.1. The van der Waals surface area contributed by atoms with Gasteiger partial charge in [-0.3, -0.25) is 0 Å². The van der Waals surface area contributed by atoms with E-state index in [-0.39, 0.29) is 0 Å². The van der Waals surface area contributed by atoms with Crippen LogP contribution in [0.25, 0.3) is 20.8 Å². The van der Waals surface area contributed by atoms with Crippen molar-refractivity contribution in [1.29, 1.82) is 0 Å². The van der Waals surface area contributed by atoms with Crippen molar-refractivity contribution < 1.29 is 9.47 Å². The molecule has 3 aromatic carbocycles. The lowest BCUT2D eigenvalue weighted by Gasteiger charge is -2.11. The zero-order chi connectivity index (χ0) is 19.5. The molecule has 0 amide bonds. The van der Waals surface area contributed by atoms with Gasteiger partial charge < -0.3 is 14.8 Å². The third kappa shape index (κ3) is 3.80. The van der Waals surface area contributed by atoms with Gasteiger partial charge in [0.2, 0.25) is 0 Å². The minimum absolute atomic E-state index is 0.708. The Morgan fingerprint density at radius 3 is 2.43 bits per heavy atom. The minimum atomic E-state index is 0.708. The second-order valence-electron chi connectivity index (χ2n) is 6.61. The van der Waals surface area contributed by atoms with Crippen molar-refractivity contribution in [2.24, 2.45) is 0 Å². The van der Waals surface area contributed by atoms with Crippen LogP contribution in [0, 0.1) is 6.92 Å². The molecule has 4 nitrogen and oxygen atoms in total. The predicted molar refractivity (Wildman–Crippen MR) is 117 cm³/mol. The van der Waals surface area contributed by atoms with Crippen LogP contribution in [0.4, 0.5) is 5.69 Å². The van der Waals surface area contributed by atoms with E-state index in [2.05, 4.69) is 54.7 Å². The van der Waals surface area contributed by atoms with E-state index in [1.54, 1.807) is 25.6 Å². The normalized spacial score (nSPS) is 10.8. The Kier molecular flexibility index (Phi) is 5.17. The Morgan fingerprint density at radius 1 is 0.893 bits per heavy atom. The molecule has 0 aliphatic rings. The number of thiazole rings is 1. The van der Waals surface area contributed by atoms with Crippen LogP contribution in [-0.4, -0.2) is 19.2 Å². The molecule has 1 N–H and O–H groups in total. The molecular formula is C23H22N2O2S. The summed E-state index contributed by atoms with van der Waals surface area (Å²) in [6.45, 7) is 2.82. The van der Waals surface area contributed by atoms with Gasteiger partial charge in [-0.05, 0) is 66.6 Å². The summed E-state index contributed by atoms with van der Waals surface area (Å²) in [4.78, 5) is 4.76. The molecule has 0 saturated carbocycles. The Balaban J connectivity index is 1.47. The number of hydrogen-bond acceptors (Lipinski definition) is 5. The van der Waals surface area contributed by atoms with E-state index in [9.17, 15) is 0 Å². The number of rotatable bonds is 6. The molecule has 0 bridgehead atoms. The van der Waals surface area contributed by atoms with E-state index in [0.717, 1.165) is 38.8 Å². The van der Waals surface area contributed by atoms with E-state index < -0.39 is 0 Å². The van der Waals surface area contributed by atoms with Crippen LogP contribution >= 0.6 is 11.3 Å². The average Bonchev–Trinajstić information content (AvgIpc) is 3.15. The zero-order valence-corrected chi connectivity index (χ0v) is 17.0. The first-order valence-corrected chi connectivity index (χ1v) is 9.90. The Morgan fingerprint density at radius 2 is 1.68 bits per heavy atom. The summed E-state index contributed by atoms with van der Waals surface area (Å²) in [7, 11) is 3.29. The molecule has 142 valence electrons. The lowest BCUT2D eigenvalue weighted by Crippen LogP contribution is -2.00. The molecule has 0 radical (unpaired) electrons. The topological polar surface area (TPSA) is 43.4 Å². The van der Waals surface area contributed by atoms with Crippen molar-refractivity contribution >= 4 is 27.2 Å². The molecule has 1 heterocycles. The van der Waals surface area contributed by atoms with Gasteiger partial charge in [-0.1, -0.05) is 12.1 Å². The van der Waals surface area contributed by atoms with Crippen molar-refractivity contribution in [3.63, 3.8) is 0 Å². The molecule has 0 aliphatic carbocycles. The highest BCUT2D eigenvalue weighted by molar-refractivity contribution is 7.21. The first-order chi connectivity index (χ1) is 13.7. The van der Waals surface area contributed by atoms with E-state index in [1.165, 1.54) is 10.3 Å². The molecule has 5 heteroatoms. The van der Waals surface area contributed by atoms with Crippen molar-refractivity contribution in [2.45, 2.75) is 13.5 Å². The number of aryl methyl sites for hydroxylation is 1. The van der Waals surface area contributed by atoms with Crippen molar-refractivity contribution in [2.75, 3.05) is 19.5 Å². The molecule has 0 saturated heterocycles. The molecule has 4 aromatic rings. The molecule has 0 spiro atoms. The molecule has 0 aliphatic heterocycles. The molecule has 28 heavy (non-hydrogen) atoms. The van der Waals surface area contributed by atoms with Crippen molar-refractivity contribution in [1.82, 2.24) is 4.98 Å². The Labute approximate surface area is 168 Å². The number of anilines is 1. The van der Waals surface area contributed by atoms with Gasteiger partial charge in [0.25, 0.3) is 0 Å². The van der Waals surface area contributed by atoms with Gasteiger partial charge in [0.05, 0.1) is 24.4 Å². The smallest absolute Gasteiger partial charge is 0.161 e. The summed E-state index contributed by atoms with van der Waals surface area (Å²) in [5.74, 6) is 1.48. The average molecular weight is 391 g/mol. The van der Waals surface area contributed by atoms with Gasteiger partial charge in [-0.25, -0.2) is 4.98 Å². The van der Waals surface area contributed by atoms with Crippen LogP contribution in [0.1, 0.15) is 11.1 Å². The summed E-state index contributed by atoms with van der Waals surface area (Å²) in [5.41, 5.74) is 5.65. The van der Waals surface area contributed by atoms with Crippen LogP contribution in [0.15, 0.2) is 60.7 Å². The largest absolute Gasteiger partial charge is 0.493 e. The van der Waals surface area contributed by atoms with E-state index in [1.807, 2.05) is 18.2 Å². The molecule has 0 unspecified atom stereocenters. The van der Waals surface area contributed by atoms with E-state index >= 15 is 0 Å². The lowest BCUT2D eigenvalue weighted by molar-refractivity contribution is 0.354. The van der Waals surface area contributed by atoms with Crippen molar-refractivity contribution in [3.8, 4) is 22.1 Å². The van der Waals surface area contributed by atoms with Crippen LogP contribution in [0.2, 0.25) is 0 Å². The molecular weight excluding hydrogens is 368 g/mol. The second-order valence-corrected chi connectivity index (χ2v) is 7.64. The van der Waals surface area contributed by atoms with E-state index in [0.29, 0.717) is 6.54 Å². The van der Waals surface area contributed by atoms with E-state index in [4.69, 9.17) is 14.5 Å². The number of fused-ring (bicyclic) bond motifs is 1. The molecule has 1 aromatic heterocycles. The summed E-state index contributed by atoms with van der Waals surface area (Å²) >= 11 is 1.73. The molecule has 0 atom stereocenters. The van der Waals surface area contributed by atoms with Gasteiger partial charge in [-0.2, -0.15) is 0 Å². The third-order valence-electron chi connectivity index (χ3n) is 4.62. The van der Waals surface area contributed by atoms with Crippen molar-refractivity contribution in [3.05, 3.63) is 71.8 Å². The fourth-order valence-electron chi connectivity index (χ4n) is 3.08. The van der Waals surface area contributed by atoms with Gasteiger partial charge in [-0.15, -0.1) is 11.3 Å². The summed E-state index contributed by atoms with van der Waals surface area (Å²) in [6.07, 6.45) is 0. The zero-order valence-electron chi connectivity index (χ0n) is 16.2. The van der Waals surface area contributed by atoms with Gasteiger partial charge in [0, 0.05) is 17.8 Å². The van der Waals surface area contributed by atoms with Gasteiger partial charge in [0.15, 0.2) is 11.5 Å². The number of nitrogens with one attached hydrogen (secondary N) is 1. The maximum absolute atomic E-state index is 5.37. The molecule has 0 fully saturated rings. The predicted octanol–water partition coefficient (Wildman–Crippen LogP) is 5.90. The fourth-order valence-corrected chi connectivity index (χ4v) is 4.15. The number of ether oxygens (including phenoxy) is 2. The van der Waals surface area contributed by atoms with Crippen LogP contribution in [0.5, 0.6) is 11.5 Å². The molecule has 4 rings (SSSR count). The highest BCUT2D eigenvalue weighted by atomic mass is 32.1. The highest BCUT2D eigenvalue weighted by Gasteiger charge is 2.07. The maximum atomic E-state index is 5.37. The minimum Gasteiger partial charge on any atom is -0.493 e. The number of benzene rings is 3. The fraction of sp³-hybridized carbons (Fsp3) is 0.174. The van der Waals surface area contributed by atoms with Gasteiger partial charge >= 0.3 is 0 Å². The Bertz CT molecular complexity index is 1100. The SMILES string of the molecule is COc1ccc(CNc2ccc(-c3nc4ccc(C)cc4s3)cc2)cc1OC. The summed E-state index contributed by atoms with van der Waals surface area (Å²) in [6, 6.07) is 20.7. The van der Waals surface area contributed by atoms with Gasteiger partial charge in [0.1, 0.15) is 5.01 Å².